The Morgan fingerprint density at radius 3 is 2.85 bits per heavy atom. The summed E-state index contributed by atoms with van der Waals surface area (Å²) in [6, 6.07) is 1.90. The Bertz CT molecular complexity index is 589. The van der Waals surface area contributed by atoms with E-state index >= 15 is 0 Å². The molecule has 0 bridgehead atoms. The summed E-state index contributed by atoms with van der Waals surface area (Å²) in [6.45, 7) is 0.399. The Kier molecular flexibility index (Phi) is 5.61. The maximum absolute atomic E-state index is 12.1. The molecule has 0 aromatic carbocycles. The van der Waals surface area contributed by atoms with Gasteiger partial charge in [-0.05, 0) is 18.9 Å². The van der Waals surface area contributed by atoms with Gasteiger partial charge in [0.2, 0.25) is 10.0 Å². The molecule has 4 nitrogen and oxygen atoms in total. The molecule has 1 aliphatic rings. The smallest absolute Gasteiger partial charge is 0.214 e. The fourth-order valence-electron chi connectivity index (χ4n) is 2.25. The van der Waals surface area contributed by atoms with Crippen molar-refractivity contribution >= 4 is 21.4 Å². The van der Waals surface area contributed by atoms with Crippen LogP contribution in [0.15, 0.2) is 11.4 Å². The van der Waals surface area contributed by atoms with Gasteiger partial charge in [0.1, 0.15) is 0 Å². The molecule has 2 rings (SSSR count). The average Bonchev–Trinajstić information content (AvgIpc) is 3.09. The van der Waals surface area contributed by atoms with Gasteiger partial charge in [0.15, 0.2) is 0 Å². The lowest BCUT2D eigenvalue weighted by molar-refractivity contribution is 0.305. The first-order valence-corrected chi connectivity index (χ1v) is 9.20. The van der Waals surface area contributed by atoms with Crippen LogP contribution in [0, 0.1) is 11.8 Å². The third-order valence-electron chi connectivity index (χ3n) is 3.31. The zero-order chi connectivity index (χ0) is 14.4. The van der Waals surface area contributed by atoms with Crippen LogP contribution in [0.25, 0.3) is 0 Å². The largest absolute Gasteiger partial charge is 0.395 e. The van der Waals surface area contributed by atoms with Crippen LogP contribution in [-0.2, 0) is 16.6 Å². The van der Waals surface area contributed by atoms with Gasteiger partial charge in [0, 0.05) is 28.8 Å². The molecule has 6 heteroatoms. The van der Waals surface area contributed by atoms with E-state index < -0.39 is 10.0 Å². The zero-order valence-electron chi connectivity index (χ0n) is 11.3. The Hall–Kier alpha value is -0.870. The maximum Gasteiger partial charge on any atom is 0.214 e. The van der Waals surface area contributed by atoms with Gasteiger partial charge in [-0.15, -0.1) is 11.3 Å². The molecular weight excluding hydrogens is 294 g/mol. The van der Waals surface area contributed by atoms with Crippen molar-refractivity contribution in [2.45, 2.75) is 43.9 Å². The van der Waals surface area contributed by atoms with E-state index in [1.54, 1.807) is 0 Å². The number of rotatable bonds is 5. The van der Waals surface area contributed by atoms with Crippen molar-refractivity contribution in [1.82, 2.24) is 4.72 Å². The first-order valence-electron chi connectivity index (χ1n) is 6.77. The number of sulfonamides is 1. The fourth-order valence-corrected chi connectivity index (χ4v) is 4.64. The molecule has 1 aliphatic carbocycles. The van der Waals surface area contributed by atoms with Gasteiger partial charge in [0.25, 0.3) is 0 Å². The van der Waals surface area contributed by atoms with E-state index in [2.05, 4.69) is 16.6 Å². The third-order valence-corrected chi connectivity index (χ3v) is 6.14. The van der Waals surface area contributed by atoms with E-state index in [1.165, 1.54) is 11.3 Å². The minimum atomic E-state index is -3.18. The van der Waals surface area contributed by atoms with Crippen LogP contribution in [-0.4, -0.2) is 25.4 Å². The first-order chi connectivity index (χ1) is 9.62. The van der Waals surface area contributed by atoms with Crippen LogP contribution >= 0.6 is 11.3 Å². The zero-order valence-corrected chi connectivity index (χ0v) is 12.9. The van der Waals surface area contributed by atoms with Gasteiger partial charge in [-0.25, -0.2) is 13.1 Å². The summed E-state index contributed by atoms with van der Waals surface area (Å²) in [5.41, 5.74) is 0.874. The van der Waals surface area contributed by atoms with Crippen LogP contribution in [0.1, 0.15) is 42.5 Å². The van der Waals surface area contributed by atoms with Crippen LogP contribution < -0.4 is 4.72 Å². The highest BCUT2D eigenvalue weighted by Gasteiger charge is 2.28. The monoisotopic (exact) mass is 313 g/mol. The Morgan fingerprint density at radius 2 is 2.15 bits per heavy atom. The summed E-state index contributed by atoms with van der Waals surface area (Å²) in [4.78, 5) is 0.958. The highest BCUT2D eigenvalue weighted by Crippen LogP contribution is 2.24. The van der Waals surface area contributed by atoms with Crippen molar-refractivity contribution in [3.63, 3.8) is 0 Å². The minimum absolute atomic E-state index is 0.0607. The highest BCUT2D eigenvalue weighted by atomic mass is 32.2. The van der Waals surface area contributed by atoms with Crippen LogP contribution in [0.4, 0.5) is 0 Å². The molecule has 0 unspecified atom stereocenters. The van der Waals surface area contributed by atoms with Crippen LogP contribution in [0.3, 0.4) is 0 Å². The molecule has 1 heterocycles. The first kappa shape index (κ1) is 15.5. The Labute approximate surface area is 124 Å². The lowest BCUT2D eigenvalue weighted by Crippen LogP contribution is -2.31. The quantitative estimate of drug-likeness (QED) is 0.815. The molecule has 1 aromatic rings. The van der Waals surface area contributed by atoms with Crippen molar-refractivity contribution in [3.05, 3.63) is 21.9 Å². The number of hydrogen-bond donors (Lipinski definition) is 2. The average molecular weight is 313 g/mol. The van der Waals surface area contributed by atoms with Crippen molar-refractivity contribution < 1.29 is 13.5 Å². The summed E-state index contributed by atoms with van der Waals surface area (Å²) in [5, 5.41) is 10.3. The lowest BCUT2D eigenvalue weighted by Gasteiger charge is -2.11. The van der Waals surface area contributed by atoms with Crippen molar-refractivity contribution in [2.75, 3.05) is 6.61 Å². The topological polar surface area (TPSA) is 66.4 Å². The third kappa shape index (κ3) is 4.32. The molecule has 0 radical (unpaired) electrons. The van der Waals surface area contributed by atoms with E-state index in [-0.39, 0.29) is 11.9 Å². The second-order valence-electron chi connectivity index (χ2n) is 4.85. The predicted octanol–water partition coefficient (Wildman–Crippen LogP) is 1.84. The molecule has 1 aromatic heterocycles. The number of aliphatic hydroxyl groups is 1. The number of thiophene rings is 1. The predicted molar refractivity (Wildman–Crippen MR) is 80.9 cm³/mol. The van der Waals surface area contributed by atoms with Crippen molar-refractivity contribution in [2.24, 2.45) is 0 Å². The van der Waals surface area contributed by atoms with E-state index in [0.29, 0.717) is 13.0 Å². The van der Waals surface area contributed by atoms with Crippen LogP contribution in [0.2, 0.25) is 0 Å². The van der Waals surface area contributed by atoms with E-state index in [9.17, 15) is 8.42 Å². The molecule has 110 valence electrons. The van der Waals surface area contributed by atoms with Crippen molar-refractivity contribution in [1.29, 1.82) is 0 Å². The molecule has 1 fully saturated rings. The second kappa shape index (κ2) is 7.23. The molecular formula is C14H19NO3S2. The summed E-state index contributed by atoms with van der Waals surface area (Å²) < 4.78 is 26.8. The molecule has 0 spiro atoms. The van der Waals surface area contributed by atoms with E-state index in [0.717, 1.165) is 36.1 Å². The molecule has 0 saturated heterocycles. The summed E-state index contributed by atoms with van der Waals surface area (Å²) in [7, 11) is -3.18. The molecule has 2 N–H and O–H groups in total. The highest BCUT2D eigenvalue weighted by molar-refractivity contribution is 7.90. The van der Waals surface area contributed by atoms with Crippen molar-refractivity contribution in [3.8, 4) is 11.8 Å². The van der Waals surface area contributed by atoms with E-state index in [4.69, 9.17) is 5.11 Å². The Balaban J connectivity index is 1.89. The standard InChI is InChI=1S/C14H19NO3S2/c16-8-4-3-5-12-9-13(19-11-12)10-15-20(17,18)14-6-1-2-7-14/h9,11,14-16H,1-2,4,6-8,10H2. The van der Waals surface area contributed by atoms with Gasteiger partial charge < -0.3 is 5.11 Å². The number of nitrogens with one attached hydrogen (secondary N) is 1. The Morgan fingerprint density at radius 1 is 1.40 bits per heavy atom. The maximum atomic E-state index is 12.1. The SMILES string of the molecule is O=S(=O)(NCc1cc(C#CCCO)cs1)C1CCCC1. The number of hydrogen-bond acceptors (Lipinski definition) is 4. The lowest BCUT2D eigenvalue weighted by atomic mass is 10.3. The fraction of sp³-hybridized carbons (Fsp3) is 0.571. The van der Waals surface area contributed by atoms with Gasteiger partial charge in [-0.1, -0.05) is 24.7 Å². The van der Waals surface area contributed by atoms with E-state index in [1.807, 2.05) is 11.4 Å². The molecule has 0 aliphatic heterocycles. The second-order valence-corrected chi connectivity index (χ2v) is 7.89. The van der Waals surface area contributed by atoms with Gasteiger partial charge in [0.05, 0.1) is 11.9 Å². The molecule has 0 amide bonds. The molecule has 1 saturated carbocycles. The van der Waals surface area contributed by atoms with Gasteiger partial charge in [-0.3, -0.25) is 0 Å². The summed E-state index contributed by atoms with van der Waals surface area (Å²) >= 11 is 1.50. The molecule has 0 atom stereocenters. The molecule has 20 heavy (non-hydrogen) atoms. The van der Waals surface area contributed by atoms with Crippen LogP contribution in [0.5, 0.6) is 0 Å². The normalized spacial score (nSPS) is 16.1. The van der Waals surface area contributed by atoms with Gasteiger partial charge >= 0.3 is 0 Å². The van der Waals surface area contributed by atoms with Gasteiger partial charge in [-0.2, -0.15) is 0 Å². The minimum Gasteiger partial charge on any atom is -0.395 e. The summed E-state index contributed by atoms with van der Waals surface area (Å²) in [6.07, 6.45) is 4.03. The summed E-state index contributed by atoms with van der Waals surface area (Å²) in [5.74, 6) is 5.79. The number of aliphatic hydroxyl groups excluding tert-OH is 1.